The fourth-order valence-electron chi connectivity index (χ4n) is 4.39. The second-order valence-corrected chi connectivity index (χ2v) is 9.49. The summed E-state index contributed by atoms with van der Waals surface area (Å²) >= 11 is 3.32. The largest absolute Gasteiger partial charge is 0.461 e. The molecule has 1 fully saturated rings. The van der Waals surface area contributed by atoms with Gasteiger partial charge in [-0.3, -0.25) is 14.4 Å². The molecule has 2 aromatic carbocycles. The Kier molecular flexibility index (Phi) is 6.24. The van der Waals surface area contributed by atoms with E-state index in [-0.39, 0.29) is 23.6 Å². The van der Waals surface area contributed by atoms with Crippen LogP contribution in [0.25, 0.3) is 5.69 Å². The summed E-state index contributed by atoms with van der Waals surface area (Å²) in [4.78, 5) is 59.3. The van der Waals surface area contributed by atoms with Crippen LogP contribution in [-0.2, 0) is 19.2 Å². The summed E-state index contributed by atoms with van der Waals surface area (Å²) in [5, 5.41) is 8.19. The normalized spacial score (nSPS) is 18.5. The SMILES string of the molecule is CCOC(=O)c1nn(-c2ccc(C)cc2)c(C)c1C(=O)C1=NO[C@H]2C(=O)N(c3ccc(Br)cc3)C(=O)[C@@H]12. The predicted octanol–water partition coefficient (Wildman–Crippen LogP) is 3.56. The summed E-state index contributed by atoms with van der Waals surface area (Å²) in [6, 6.07) is 14.0. The Labute approximate surface area is 220 Å². The van der Waals surface area contributed by atoms with E-state index >= 15 is 0 Å². The van der Waals surface area contributed by atoms with Crippen LogP contribution in [0.2, 0.25) is 0 Å². The van der Waals surface area contributed by atoms with Crippen LogP contribution < -0.4 is 4.90 Å². The first-order chi connectivity index (χ1) is 17.7. The van der Waals surface area contributed by atoms with Crippen molar-refractivity contribution in [3.63, 3.8) is 0 Å². The molecule has 2 amide bonds. The van der Waals surface area contributed by atoms with Crippen molar-refractivity contribution in [1.29, 1.82) is 0 Å². The van der Waals surface area contributed by atoms with Crippen LogP contribution >= 0.6 is 15.9 Å². The molecule has 0 N–H and O–H groups in total. The number of Topliss-reactive ketones (excluding diaryl/α,β-unsaturated/α-hetero) is 1. The van der Waals surface area contributed by atoms with Crippen LogP contribution in [0.1, 0.15) is 39.0 Å². The van der Waals surface area contributed by atoms with E-state index in [2.05, 4.69) is 26.2 Å². The van der Waals surface area contributed by atoms with Gasteiger partial charge in [-0.05, 0) is 57.2 Å². The molecule has 3 heterocycles. The molecule has 0 bridgehead atoms. The van der Waals surface area contributed by atoms with Gasteiger partial charge < -0.3 is 9.57 Å². The summed E-state index contributed by atoms with van der Waals surface area (Å²) in [5.41, 5.74) is 1.81. The number of oxime groups is 1. The minimum Gasteiger partial charge on any atom is -0.461 e. The van der Waals surface area contributed by atoms with Gasteiger partial charge in [0.05, 0.1) is 29.2 Å². The van der Waals surface area contributed by atoms with Crippen molar-refractivity contribution < 1.29 is 28.8 Å². The number of fused-ring (bicyclic) bond motifs is 1. The topological polar surface area (TPSA) is 120 Å². The number of carbonyl (C=O) groups excluding carboxylic acids is 4. The third-order valence-electron chi connectivity index (χ3n) is 6.22. The van der Waals surface area contributed by atoms with Crippen molar-refractivity contribution in [1.82, 2.24) is 9.78 Å². The summed E-state index contributed by atoms with van der Waals surface area (Å²) in [6.07, 6.45) is -1.27. The monoisotopic (exact) mass is 564 g/mol. The highest BCUT2D eigenvalue weighted by Gasteiger charge is 2.58. The van der Waals surface area contributed by atoms with Gasteiger partial charge in [-0.25, -0.2) is 14.4 Å². The quantitative estimate of drug-likeness (QED) is 0.255. The van der Waals surface area contributed by atoms with Gasteiger partial charge in [0.2, 0.25) is 17.8 Å². The van der Waals surface area contributed by atoms with Gasteiger partial charge in [-0.2, -0.15) is 5.10 Å². The van der Waals surface area contributed by atoms with Crippen LogP contribution in [0, 0.1) is 19.8 Å². The summed E-state index contributed by atoms with van der Waals surface area (Å²) < 4.78 is 7.38. The van der Waals surface area contributed by atoms with Crippen LogP contribution in [0.15, 0.2) is 58.2 Å². The standard InChI is InChI=1S/C26H21BrN4O6/c1-4-36-26(35)21-18(14(3)31(28-21)17-9-5-13(2)6-10-17)22(32)20-19-23(37-29-20)25(34)30(24(19)33)16-11-7-15(27)8-12-16/h5-12,19,23H,4H2,1-3H3/t19-,23+/m0/s1. The smallest absolute Gasteiger partial charge is 0.359 e. The van der Waals surface area contributed by atoms with Gasteiger partial charge in [0.1, 0.15) is 11.6 Å². The lowest BCUT2D eigenvalue weighted by Crippen LogP contribution is -2.34. The number of hydrogen-bond acceptors (Lipinski definition) is 8. The second kappa shape index (κ2) is 9.40. The van der Waals surface area contributed by atoms with Crippen LogP contribution in [-0.4, -0.2) is 51.8 Å². The number of rotatable bonds is 6. The lowest BCUT2D eigenvalue weighted by molar-refractivity contribution is -0.126. The van der Waals surface area contributed by atoms with E-state index in [0.29, 0.717) is 17.1 Å². The van der Waals surface area contributed by atoms with Crippen molar-refractivity contribution >= 4 is 50.9 Å². The van der Waals surface area contributed by atoms with Crippen molar-refractivity contribution in [3.05, 3.63) is 75.5 Å². The molecule has 37 heavy (non-hydrogen) atoms. The first-order valence-corrected chi connectivity index (χ1v) is 12.3. The van der Waals surface area contributed by atoms with E-state index in [1.165, 1.54) is 4.68 Å². The zero-order valence-corrected chi connectivity index (χ0v) is 21.7. The molecule has 5 rings (SSSR count). The predicted molar refractivity (Wildman–Crippen MR) is 136 cm³/mol. The number of nitrogens with zero attached hydrogens (tertiary/aromatic N) is 4. The average Bonchev–Trinajstić information content (AvgIpc) is 3.53. The van der Waals surface area contributed by atoms with E-state index in [1.54, 1.807) is 50.2 Å². The van der Waals surface area contributed by atoms with Gasteiger partial charge >= 0.3 is 5.97 Å². The number of aryl methyl sites for hydroxylation is 1. The number of aromatic nitrogens is 2. The summed E-state index contributed by atoms with van der Waals surface area (Å²) in [6.45, 7) is 5.28. The van der Waals surface area contributed by atoms with E-state index in [9.17, 15) is 19.2 Å². The van der Waals surface area contributed by atoms with Gasteiger partial charge in [-0.15, -0.1) is 0 Å². The lowest BCUT2D eigenvalue weighted by Gasteiger charge is -2.15. The maximum atomic E-state index is 13.8. The van der Waals surface area contributed by atoms with Crippen LogP contribution in [0.3, 0.4) is 0 Å². The maximum absolute atomic E-state index is 13.8. The minimum atomic E-state index is -1.27. The Balaban J connectivity index is 1.54. The Morgan fingerprint density at radius 3 is 2.30 bits per heavy atom. The molecule has 3 aromatic rings. The third kappa shape index (κ3) is 4.05. The fourth-order valence-corrected chi connectivity index (χ4v) is 4.66. The number of amides is 2. The molecule has 2 atom stereocenters. The molecule has 2 aliphatic heterocycles. The Morgan fingerprint density at radius 1 is 1.00 bits per heavy atom. The molecular weight excluding hydrogens is 544 g/mol. The minimum absolute atomic E-state index is 0.0654. The summed E-state index contributed by atoms with van der Waals surface area (Å²) in [7, 11) is 0. The first-order valence-electron chi connectivity index (χ1n) is 11.5. The number of carbonyl (C=O) groups is 4. The molecule has 188 valence electrons. The number of halogens is 1. The number of benzene rings is 2. The number of ketones is 1. The molecule has 0 spiro atoms. The Bertz CT molecular complexity index is 1480. The maximum Gasteiger partial charge on any atom is 0.359 e. The molecule has 11 heteroatoms. The van der Waals surface area contributed by atoms with E-state index in [4.69, 9.17) is 9.57 Å². The molecule has 2 aliphatic rings. The molecular formula is C26H21BrN4O6. The van der Waals surface area contributed by atoms with Crippen molar-refractivity contribution in [2.75, 3.05) is 11.5 Å². The van der Waals surface area contributed by atoms with Crippen LogP contribution in [0.5, 0.6) is 0 Å². The van der Waals surface area contributed by atoms with E-state index in [0.717, 1.165) is 14.9 Å². The highest BCUT2D eigenvalue weighted by molar-refractivity contribution is 9.10. The third-order valence-corrected chi connectivity index (χ3v) is 6.75. The number of hydrogen-bond donors (Lipinski definition) is 0. The molecule has 0 aliphatic carbocycles. The van der Waals surface area contributed by atoms with Gasteiger partial charge in [-0.1, -0.05) is 38.8 Å². The Hall–Kier alpha value is -4.12. The van der Waals surface area contributed by atoms with E-state index < -0.39 is 35.6 Å². The van der Waals surface area contributed by atoms with Crippen molar-refractivity contribution in [2.24, 2.45) is 11.1 Å². The molecule has 0 unspecified atom stereocenters. The molecule has 10 nitrogen and oxygen atoms in total. The molecule has 0 radical (unpaired) electrons. The second-order valence-electron chi connectivity index (χ2n) is 8.57. The molecule has 1 saturated heterocycles. The number of esters is 1. The number of ether oxygens (including phenoxy) is 1. The lowest BCUT2D eigenvalue weighted by atomic mass is 9.92. The summed E-state index contributed by atoms with van der Waals surface area (Å²) in [5.74, 6) is -4.03. The first kappa shape index (κ1) is 24.6. The average molecular weight is 565 g/mol. The highest BCUT2D eigenvalue weighted by atomic mass is 79.9. The zero-order chi connectivity index (χ0) is 26.4. The fraction of sp³-hybridized carbons (Fsp3) is 0.231. The van der Waals surface area contributed by atoms with Gasteiger partial charge in [0.15, 0.2) is 5.69 Å². The van der Waals surface area contributed by atoms with Gasteiger partial charge in [0, 0.05) is 4.47 Å². The van der Waals surface area contributed by atoms with Crippen molar-refractivity contribution in [2.45, 2.75) is 26.9 Å². The number of anilines is 1. The molecule has 1 aromatic heterocycles. The highest BCUT2D eigenvalue weighted by Crippen LogP contribution is 2.35. The van der Waals surface area contributed by atoms with E-state index in [1.807, 2.05) is 19.1 Å². The van der Waals surface area contributed by atoms with Crippen molar-refractivity contribution in [3.8, 4) is 5.69 Å². The Morgan fingerprint density at radius 2 is 1.65 bits per heavy atom. The van der Waals surface area contributed by atoms with Gasteiger partial charge in [0.25, 0.3) is 5.91 Å². The van der Waals surface area contributed by atoms with Crippen LogP contribution in [0.4, 0.5) is 5.69 Å². The molecule has 0 saturated carbocycles. The number of imide groups is 1. The zero-order valence-electron chi connectivity index (χ0n) is 20.1.